The molecule has 2 unspecified atom stereocenters. The molecule has 0 bridgehead atoms. The van der Waals surface area contributed by atoms with E-state index < -0.39 is 37.4 Å². The third-order valence-corrected chi connectivity index (χ3v) is 10.7. The van der Waals surface area contributed by atoms with E-state index in [0.29, 0.717) is 49.1 Å². The molecule has 3 rings (SSSR count). The first-order chi connectivity index (χ1) is 15.6. The maximum atomic E-state index is 13.8. The summed E-state index contributed by atoms with van der Waals surface area (Å²) >= 11 is 0. The third kappa shape index (κ3) is 4.94. The summed E-state index contributed by atoms with van der Waals surface area (Å²) < 4.78 is 54.9. The van der Waals surface area contributed by atoms with Crippen LogP contribution in [-0.4, -0.2) is 70.4 Å². The van der Waals surface area contributed by atoms with Crippen molar-refractivity contribution in [2.45, 2.75) is 49.8 Å². The molecule has 9 nitrogen and oxygen atoms in total. The molecule has 1 fully saturated rings. The van der Waals surface area contributed by atoms with Crippen molar-refractivity contribution in [1.29, 1.82) is 0 Å². The number of hydrogen-bond acceptors (Lipinski definition) is 8. The number of rotatable bonds is 11. The molecule has 0 radical (unpaired) electrons. The van der Waals surface area contributed by atoms with Gasteiger partial charge in [-0.1, -0.05) is 24.3 Å². The first-order valence-corrected chi connectivity index (χ1v) is 14.4. The van der Waals surface area contributed by atoms with Gasteiger partial charge in [-0.25, -0.2) is 16.8 Å². The molecule has 4 N–H and O–H groups in total. The van der Waals surface area contributed by atoms with Crippen LogP contribution in [0.1, 0.15) is 50.2 Å². The average molecular weight is 500 g/mol. The molecule has 2 aliphatic rings. The van der Waals surface area contributed by atoms with Gasteiger partial charge in [-0.3, -0.25) is 4.90 Å². The molecule has 1 aromatic carbocycles. The maximum absolute atomic E-state index is 13.8. The van der Waals surface area contributed by atoms with Gasteiger partial charge in [0.15, 0.2) is 0 Å². The zero-order chi connectivity index (χ0) is 24.3. The van der Waals surface area contributed by atoms with Gasteiger partial charge in [0, 0.05) is 6.42 Å². The lowest BCUT2D eigenvalue weighted by molar-refractivity contribution is -0.107. The van der Waals surface area contributed by atoms with Gasteiger partial charge < -0.3 is 15.6 Å². The Kier molecular flexibility index (Phi) is 8.13. The number of aliphatic hydroxyl groups is 1. The number of hydrogen-bond donors (Lipinski definition) is 3. The van der Waals surface area contributed by atoms with Crippen molar-refractivity contribution in [2.24, 2.45) is 5.73 Å². The van der Waals surface area contributed by atoms with Crippen LogP contribution in [0.2, 0.25) is 0 Å². The number of aldehydes is 1. The standard InChI is InChI=1S/C22H33N3O6S2/c1-17-18-8-2-3-9-20(18)22(16-27,25-12-5-6-13-25)21(19(17)10-14-26)33(30,31)24-32(28,29)15-7-4-11-23/h2-3,8-9,14,21,24,27H,4-7,10-13,15-16,23H2,1H3. The van der Waals surface area contributed by atoms with Gasteiger partial charge in [0.05, 0.1) is 17.9 Å². The second-order valence-electron chi connectivity index (χ2n) is 8.67. The van der Waals surface area contributed by atoms with Gasteiger partial charge in [-0.2, -0.15) is 0 Å². The molecule has 0 spiro atoms. The van der Waals surface area contributed by atoms with Crippen LogP contribution in [0.4, 0.5) is 0 Å². The topological polar surface area (TPSA) is 147 Å². The monoisotopic (exact) mass is 499 g/mol. The Morgan fingerprint density at radius 3 is 2.45 bits per heavy atom. The number of sulfonamides is 2. The van der Waals surface area contributed by atoms with Crippen LogP contribution < -0.4 is 9.86 Å². The van der Waals surface area contributed by atoms with E-state index in [1.807, 2.05) is 21.2 Å². The van der Waals surface area contributed by atoms with E-state index >= 15 is 0 Å². The normalized spacial score (nSPS) is 24.2. The minimum Gasteiger partial charge on any atom is -0.394 e. The summed E-state index contributed by atoms with van der Waals surface area (Å²) in [7, 11) is -8.75. The Bertz CT molecular complexity index is 1110. The largest absolute Gasteiger partial charge is 0.394 e. The van der Waals surface area contributed by atoms with Gasteiger partial charge >= 0.3 is 0 Å². The van der Waals surface area contributed by atoms with Crippen LogP contribution in [0.25, 0.3) is 5.57 Å². The zero-order valence-electron chi connectivity index (χ0n) is 18.9. The van der Waals surface area contributed by atoms with Crippen molar-refractivity contribution >= 4 is 31.9 Å². The van der Waals surface area contributed by atoms with E-state index in [-0.39, 0.29) is 18.6 Å². The minimum absolute atomic E-state index is 0.186. The van der Waals surface area contributed by atoms with Gasteiger partial charge in [-0.05, 0) is 74.5 Å². The van der Waals surface area contributed by atoms with E-state index in [4.69, 9.17) is 5.73 Å². The molecule has 2 atom stereocenters. The summed E-state index contributed by atoms with van der Waals surface area (Å²) in [5.74, 6) is -0.381. The molecule has 0 aromatic heterocycles. The summed E-state index contributed by atoms with van der Waals surface area (Å²) in [6.45, 7) is 2.60. The molecular weight excluding hydrogens is 466 g/mol. The average Bonchev–Trinajstić information content (AvgIpc) is 3.30. The lowest BCUT2D eigenvalue weighted by Crippen LogP contribution is -2.62. The van der Waals surface area contributed by atoms with E-state index in [2.05, 4.69) is 0 Å². The number of aliphatic hydroxyl groups excluding tert-OH is 1. The molecule has 1 aliphatic carbocycles. The predicted octanol–water partition coefficient (Wildman–Crippen LogP) is 0.703. The van der Waals surface area contributed by atoms with Crippen molar-refractivity contribution in [3.05, 3.63) is 41.0 Å². The van der Waals surface area contributed by atoms with Crippen LogP contribution in [0.3, 0.4) is 0 Å². The molecule has 1 aromatic rings. The Hall–Kier alpha value is -1.63. The van der Waals surface area contributed by atoms with Gasteiger partial charge in [0.25, 0.3) is 0 Å². The van der Waals surface area contributed by atoms with Gasteiger partial charge in [0.1, 0.15) is 11.5 Å². The highest BCUT2D eigenvalue weighted by atomic mass is 32.3. The Labute approximate surface area is 196 Å². The smallest absolute Gasteiger partial charge is 0.233 e. The fourth-order valence-corrected chi connectivity index (χ4v) is 9.43. The Morgan fingerprint density at radius 2 is 1.85 bits per heavy atom. The van der Waals surface area contributed by atoms with Crippen molar-refractivity contribution in [1.82, 2.24) is 9.03 Å². The second-order valence-corrected chi connectivity index (χ2v) is 12.5. The van der Waals surface area contributed by atoms with Crippen molar-refractivity contribution in [3.8, 4) is 0 Å². The molecule has 1 heterocycles. The van der Waals surface area contributed by atoms with Crippen LogP contribution >= 0.6 is 0 Å². The molecule has 1 aliphatic heterocycles. The van der Waals surface area contributed by atoms with Crippen LogP contribution in [0, 0.1) is 0 Å². The van der Waals surface area contributed by atoms with Crippen LogP contribution in [-0.2, 0) is 30.4 Å². The number of carbonyl (C=O) groups excluding carboxylic acids is 1. The molecular formula is C22H33N3O6S2. The summed E-state index contributed by atoms with van der Waals surface area (Å²) in [6.07, 6.45) is 2.76. The molecule has 0 saturated carbocycles. The number of benzene rings is 1. The fourth-order valence-electron chi connectivity index (χ4n) is 5.20. The highest BCUT2D eigenvalue weighted by Crippen LogP contribution is 2.49. The number of fused-ring (bicyclic) bond motifs is 1. The fraction of sp³-hybridized carbons (Fsp3) is 0.591. The molecule has 1 saturated heterocycles. The highest BCUT2D eigenvalue weighted by molar-refractivity contribution is 8.05. The first kappa shape index (κ1) is 26.0. The Morgan fingerprint density at radius 1 is 1.18 bits per heavy atom. The maximum Gasteiger partial charge on any atom is 0.233 e. The van der Waals surface area contributed by atoms with Crippen LogP contribution in [0.15, 0.2) is 29.8 Å². The van der Waals surface area contributed by atoms with Crippen molar-refractivity contribution in [3.63, 3.8) is 0 Å². The zero-order valence-corrected chi connectivity index (χ0v) is 20.5. The van der Waals surface area contributed by atoms with Crippen LogP contribution in [0.5, 0.6) is 0 Å². The van der Waals surface area contributed by atoms with E-state index in [0.717, 1.165) is 18.4 Å². The number of allylic oxidation sites excluding steroid dienone is 1. The first-order valence-electron chi connectivity index (χ1n) is 11.2. The number of nitrogens with zero attached hydrogens (tertiary/aromatic N) is 1. The minimum atomic E-state index is -4.57. The van der Waals surface area contributed by atoms with Crippen molar-refractivity contribution < 1.29 is 26.7 Å². The van der Waals surface area contributed by atoms with Gasteiger partial charge in [-0.15, -0.1) is 4.13 Å². The lowest BCUT2D eigenvalue weighted by Gasteiger charge is -2.50. The third-order valence-electron chi connectivity index (χ3n) is 6.66. The number of unbranched alkanes of at least 4 members (excludes halogenated alkanes) is 1. The van der Waals surface area contributed by atoms with Gasteiger partial charge in [0.2, 0.25) is 20.0 Å². The lowest BCUT2D eigenvalue weighted by atomic mass is 9.72. The highest BCUT2D eigenvalue weighted by Gasteiger charge is 2.57. The quantitative estimate of drug-likeness (QED) is 0.298. The number of nitrogens with one attached hydrogen (secondary N) is 1. The number of carbonyl (C=O) groups is 1. The van der Waals surface area contributed by atoms with E-state index in [1.165, 1.54) is 0 Å². The predicted molar refractivity (Wildman–Crippen MR) is 127 cm³/mol. The molecule has 33 heavy (non-hydrogen) atoms. The molecule has 0 amide bonds. The SMILES string of the molecule is CC1=C(CC=O)C(S(=O)(=O)NS(=O)(=O)CCCCN)C(CO)(N2CCCC2)c2ccccc21. The Balaban J connectivity index is 2.22. The van der Waals surface area contributed by atoms with E-state index in [9.17, 15) is 26.7 Å². The summed E-state index contributed by atoms with van der Waals surface area (Å²) in [5, 5.41) is 9.37. The summed E-state index contributed by atoms with van der Waals surface area (Å²) in [5.41, 5.74) is 6.31. The van der Waals surface area contributed by atoms with Crippen molar-refractivity contribution in [2.75, 3.05) is 32.0 Å². The number of nitrogens with two attached hydrogens (primary N) is 1. The summed E-state index contributed by atoms with van der Waals surface area (Å²) in [6, 6.07) is 7.22. The summed E-state index contributed by atoms with van der Waals surface area (Å²) in [4.78, 5) is 13.6. The van der Waals surface area contributed by atoms with E-state index in [1.54, 1.807) is 19.1 Å². The molecule has 11 heteroatoms. The molecule has 184 valence electrons. The number of likely N-dealkylation sites (tertiary alicyclic amines) is 1. The second kappa shape index (κ2) is 10.3.